The van der Waals surface area contributed by atoms with Gasteiger partial charge in [0.25, 0.3) is 10.0 Å². The van der Waals surface area contributed by atoms with Gasteiger partial charge in [0.2, 0.25) is 0 Å². The molecule has 0 fully saturated rings. The minimum atomic E-state index is -4.13. The second kappa shape index (κ2) is 5.02. The number of sulfonamides is 1. The molecule has 20 heavy (non-hydrogen) atoms. The summed E-state index contributed by atoms with van der Waals surface area (Å²) < 4.78 is 26.3. The fourth-order valence-corrected chi connectivity index (χ4v) is 2.63. The number of anilines is 1. The van der Waals surface area contributed by atoms with Crippen molar-refractivity contribution in [1.82, 2.24) is 10.2 Å². The van der Waals surface area contributed by atoms with Crippen molar-refractivity contribution < 1.29 is 18.3 Å². The Labute approximate surface area is 113 Å². The number of hydrogen-bond acceptors (Lipinski definition) is 5. The zero-order valence-electron chi connectivity index (χ0n) is 9.86. The number of carboxylic acids is 1. The van der Waals surface area contributed by atoms with Gasteiger partial charge in [-0.3, -0.25) is 9.82 Å². The quantitative estimate of drug-likeness (QED) is 0.761. The molecule has 3 N–H and O–H groups in total. The SMILES string of the molecule is N#Cc1cccc(NS(=O)(=O)c2[nH]ncc2C(=O)O)c1. The van der Waals surface area contributed by atoms with Gasteiger partial charge in [-0.05, 0) is 18.2 Å². The molecule has 0 saturated heterocycles. The first-order valence-electron chi connectivity index (χ1n) is 5.23. The second-order valence-electron chi connectivity index (χ2n) is 3.72. The van der Waals surface area contributed by atoms with Gasteiger partial charge in [-0.25, -0.2) is 4.79 Å². The van der Waals surface area contributed by atoms with Crippen LogP contribution in [0.1, 0.15) is 15.9 Å². The van der Waals surface area contributed by atoms with Gasteiger partial charge in [0.1, 0.15) is 5.56 Å². The normalized spacial score (nSPS) is 10.8. The second-order valence-corrected chi connectivity index (χ2v) is 5.34. The third kappa shape index (κ3) is 2.60. The van der Waals surface area contributed by atoms with E-state index in [9.17, 15) is 13.2 Å². The molecule has 1 aromatic carbocycles. The van der Waals surface area contributed by atoms with Gasteiger partial charge in [0.15, 0.2) is 5.03 Å². The predicted octanol–water partition coefficient (Wildman–Crippen LogP) is 0.780. The van der Waals surface area contributed by atoms with Crippen LogP contribution in [0.15, 0.2) is 35.5 Å². The summed E-state index contributed by atoms with van der Waals surface area (Å²) in [6.07, 6.45) is 0.905. The minimum absolute atomic E-state index is 0.148. The van der Waals surface area contributed by atoms with E-state index in [4.69, 9.17) is 10.4 Å². The van der Waals surface area contributed by atoms with E-state index in [2.05, 4.69) is 14.9 Å². The summed E-state index contributed by atoms with van der Waals surface area (Å²) in [4.78, 5) is 10.9. The number of nitriles is 1. The highest BCUT2D eigenvalue weighted by molar-refractivity contribution is 7.92. The molecule has 0 spiro atoms. The molecular formula is C11H8N4O4S. The standard InChI is InChI=1S/C11H8N4O4S/c12-5-7-2-1-3-8(4-7)15-20(18,19)10-9(11(16)17)6-13-14-10/h1-4,6,15H,(H,13,14)(H,16,17). The summed E-state index contributed by atoms with van der Waals surface area (Å²) in [7, 11) is -4.13. The lowest BCUT2D eigenvalue weighted by molar-refractivity contribution is 0.0692. The number of hydrogen-bond donors (Lipinski definition) is 3. The molecule has 0 aliphatic carbocycles. The molecule has 0 aliphatic rings. The molecule has 0 bridgehead atoms. The fourth-order valence-electron chi connectivity index (χ4n) is 1.49. The Bertz CT molecular complexity index is 804. The monoisotopic (exact) mass is 292 g/mol. The van der Waals surface area contributed by atoms with Crippen LogP contribution in [-0.4, -0.2) is 29.7 Å². The summed E-state index contributed by atoms with van der Waals surface area (Å²) in [5, 5.41) is 22.6. The van der Waals surface area contributed by atoms with Gasteiger partial charge in [0.05, 0.1) is 23.5 Å². The first kappa shape index (κ1) is 13.6. The smallest absolute Gasteiger partial charge is 0.340 e. The molecule has 0 radical (unpaired) electrons. The number of H-pyrrole nitrogens is 1. The highest BCUT2D eigenvalue weighted by atomic mass is 32.2. The van der Waals surface area contributed by atoms with E-state index in [0.717, 1.165) is 6.20 Å². The Balaban J connectivity index is 2.39. The van der Waals surface area contributed by atoms with Crippen LogP contribution in [0, 0.1) is 11.3 Å². The first-order valence-corrected chi connectivity index (χ1v) is 6.72. The Morgan fingerprint density at radius 3 is 2.85 bits per heavy atom. The van der Waals surface area contributed by atoms with E-state index in [-0.39, 0.29) is 11.3 Å². The summed E-state index contributed by atoms with van der Waals surface area (Å²) in [5.41, 5.74) is -0.0443. The van der Waals surface area contributed by atoms with E-state index >= 15 is 0 Å². The summed E-state index contributed by atoms with van der Waals surface area (Å²) in [6.45, 7) is 0. The molecule has 1 aromatic heterocycles. The van der Waals surface area contributed by atoms with Crippen LogP contribution in [-0.2, 0) is 10.0 Å². The maximum absolute atomic E-state index is 12.1. The van der Waals surface area contributed by atoms with Gasteiger partial charge >= 0.3 is 5.97 Å². The zero-order valence-corrected chi connectivity index (χ0v) is 10.7. The number of benzene rings is 1. The van der Waals surface area contributed by atoms with Crippen LogP contribution in [0.3, 0.4) is 0 Å². The number of aromatic nitrogens is 2. The average molecular weight is 292 g/mol. The molecule has 0 amide bonds. The van der Waals surface area contributed by atoms with Gasteiger partial charge in [-0.2, -0.15) is 18.8 Å². The number of carboxylic acid groups (broad SMARTS) is 1. The Morgan fingerprint density at radius 2 is 2.20 bits per heavy atom. The van der Waals surface area contributed by atoms with Gasteiger partial charge < -0.3 is 5.11 Å². The van der Waals surface area contributed by atoms with E-state index in [1.807, 2.05) is 6.07 Å². The van der Waals surface area contributed by atoms with Crippen LogP contribution < -0.4 is 4.72 Å². The van der Waals surface area contributed by atoms with Gasteiger partial charge in [0, 0.05) is 0 Å². The van der Waals surface area contributed by atoms with Crippen molar-refractivity contribution >= 4 is 21.7 Å². The van der Waals surface area contributed by atoms with Gasteiger partial charge in [-0.1, -0.05) is 6.07 Å². The molecule has 2 rings (SSSR count). The lowest BCUT2D eigenvalue weighted by atomic mass is 10.2. The van der Waals surface area contributed by atoms with Crippen LogP contribution in [0.4, 0.5) is 5.69 Å². The van der Waals surface area contributed by atoms with Gasteiger partial charge in [-0.15, -0.1) is 0 Å². The third-order valence-corrected chi connectivity index (χ3v) is 3.70. The number of aromatic amines is 1. The highest BCUT2D eigenvalue weighted by Crippen LogP contribution is 2.18. The summed E-state index contributed by atoms with van der Waals surface area (Å²) >= 11 is 0. The van der Waals surface area contributed by atoms with Crippen molar-refractivity contribution in [3.8, 4) is 6.07 Å². The molecule has 0 atom stereocenters. The number of nitrogens with one attached hydrogen (secondary N) is 2. The molecule has 8 nitrogen and oxygen atoms in total. The molecule has 0 aliphatic heterocycles. The molecule has 1 heterocycles. The summed E-state index contributed by atoms with van der Waals surface area (Å²) in [6, 6.07) is 7.65. The molecule has 2 aromatic rings. The number of rotatable bonds is 4. The van der Waals surface area contributed by atoms with Crippen molar-refractivity contribution in [2.75, 3.05) is 4.72 Å². The molecule has 0 unspecified atom stereocenters. The topological polar surface area (TPSA) is 136 Å². The van der Waals surface area contributed by atoms with Crippen molar-refractivity contribution in [1.29, 1.82) is 5.26 Å². The predicted molar refractivity (Wildman–Crippen MR) is 67.5 cm³/mol. The minimum Gasteiger partial charge on any atom is -0.478 e. The maximum atomic E-state index is 12.1. The zero-order chi connectivity index (χ0) is 14.8. The Morgan fingerprint density at radius 1 is 1.45 bits per heavy atom. The average Bonchev–Trinajstić information content (AvgIpc) is 2.88. The summed E-state index contributed by atoms with van der Waals surface area (Å²) in [5.74, 6) is -1.41. The molecule has 9 heteroatoms. The van der Waals surface area contributed by atoms with E-state index in [1.54, 1.807) is 0 Å². The van der Waals surface area contributed by atoms with E-state index in [1.165, 1.54) is 24.3 Å². The van der Waals surface area contributed by atoms with Crippen LogP contribution >= 0.6 is 0 Å². The molecule has 102 valence electrons. The Hall–Kier alpha value is -2.86. The number of aromatic carboxylic acids is 1. The van der Waals surface area contributed by atoms with Crippen LogP contribution in [0.2, 0.25) is 0 Å². The number of nitrogens with zero attached hydrogens (tertiary/aromatic N) is 2. The van der Waals surface area contributed by atoms with E-state index in [0.29, 0.717) is 0 Å². The largest absolute Gasteiger partial charge is 0.478 e. The molecule has 0 saturated carbocycles. The van der Waals surface area contributed by atoms with Crippen molar-refractivity contribution in [3.05, 3.63) is 41.6 Å². The van der Waals surface area contributed by atoms with Crippen LogP contribution in [0.5, 0.6) is 0 Å². The highest BCUT2D eigenvalue weighted by Gasteiger charge is 2.24. The van der Waals surface area contributed by atoms with Crippen molar-refractivity contribution in [3.63, 3.8) is 0 Å². The van der Waals surface area contributed by atoms with E-state index < -0.39 is 26.6 Å². The van der Waals surface area contributed by atoms with Crippen molar-refractivity contribution in [2.24, 2.45) is 0 Å². The Kier molecular flexibility index (Phi) is 3.41. The molecular weight excluding hydrogens is 284 g/mol. The maximum Gasteiger partial charge on any atom is 0.340 e. The number of carbonyl (C=O) groups is 1. The first-order chi connectivity index (χ1) is 9.44. The lowest BCUT2D eigenvalue weighted by Gasteiger charge is -2.07. The van der Waals surface area contributed by atoms with Crippen LogP contribution in [0.25, 0.3) is 0 Å². The lowest BCUT2D eigenvalue weighted by Crippen LogP contribution is -2.16. The van der Waals surface area contributed by atoms with Crippen molar-refractivity contribution in [2.45, 2.75) is 5.03 Å². The third-order valence-electron chi connectivity index (χ3n) is 2.35. The fraction of sp³-hybridized carbons (Fsp3) is 0.